The van der Waals surface area contributed by atoms with Crippen LogP contribution in [-0.2, 0) is 6.54 Å². The molecule has 0 radical (unpaired) electrons. The van der Waals surface area contributed by atoms with Crippen LogP contribution in [0.25, 0.3) is 0 Å². The number of para-hydroxylation sites is 1. The summed E-state index contributed by atoms with van der Waals surface area (Å²) < 4.78 is 7.29. The summed E-state index contributed by atoms with van der Waals surface area (Å²) in [6.45, 7) is 2.83. The maximum atomic E-state index is 10.9. The molecule has 88 valence electrons. The van der Waals surface area contributed by atoms with Gasteiger partial charge in [-0.1, -0.05) is 25.1 Å². The van der Waals surface area contributed by atoms with Crippen molar-refractivity contribution in [2.75, 3.05) is 0 Å². The topological polar surface area (TPSA) is 44.1 Å². The fourth-order valence-corrected chi connectivity index (χ4v) is 1.52. The van der Waals surface area contributed by atoms with E-state index in [1.807, 2.05) is 30.3 Å². The molecular formula is C13H14N2O2. The van der Waals surface area contributed by atoms with Crippen LogP contribution in [0, 0.1) is 0 Å². The van der Waals surface area contributed by atoms with Crippen LogP contribution in [0.4, 0.5) is 0 Å². The van der Waals surface area contributed by atoms with E-state index in [1.54, 1.807) is 10.9 Å². The lowest BCUT2D eigenvalue weighted by Gasteiger charge is -2.01. The maximum Gasteiger partial charge on any atom is 0.248 e. The number of carbonyl (C=O) groups is 1. The van der Waals surface area contributed by atoms with Gasteiger partial charge in [-0.05, 0) is 18.6 Å². The number of aryl methyl sites for hydroxylation is 1. The Bertz CT molecular complexity index is 491. The minimum Gasteiger partial charge on any atom is -0.437 e. The SMILES string of the molecule is CCCn1cc(C=O)c(Oc2ccccc2)n1. The Kier molecular flexibility index (Phi) is 3.55. The molecule has 1 aromatic heterocycles. The quantitative estimate of drug-likeness (QED) is 0.742. The van der Waals surface area contributed by atoms with Crippen molar-refractivity contribution in [2.45, 2.75) is 19.9 Å². The molecule has 1 aromatic carbocycles. The van der Waals surface area contributed by atoms with Gasteiger partial charge < -0.3 is 4.74 Å². The average molecular weight is 230 g/mol. The Balaban J connectivity index is 2.22. The first-order valence-electron chi connectivity index (χ1n) is 5.59. The lowest BCUT2D eigenvalue weighted by Crippen LogP contribution is -1.96. The Morgan fingerprint density at radius 1 is 1.35 bits per heavy atom. The van der Waals surface area contributed by atoms with E-state index < -0.39 is 0 Å². The normalized spacial score (nSPS) is 10.2. The lowest BCUT2D eigenvalue weighted by atomic mass is 10.3. The van der Waals surface area contributed by atoms with E-state index in [1.165, 1.54) is 0 Å². The van der Waals surface area contributed by atoms with Crippen molar-refractivity contribution in [3.8, 4) is 11.6 Å². The third-order valence-corrected chi connectivity index (χ3v) is 2.29. The molecule has 4 heteroatoms. The van der Waals surface area contributed by atoms with E-state index in [9.17, 15) is 4.79 Å². The molecule has 0 aliphatic rings. The average Bonchev–Trinajstić information content (AvgIpc) is 2.73. The standard InChI is InChI=1S/C13H14N2O2/c1-2-8-15-9-11(10-16)13(14-15)17-12-6-4-3-5-7-12/h3-7,9-10H,2,8H2,1H3. The van der Waals surface area contributed by atoms with Gasteiger partial charge >= 0.3 is 0 Å². The molecule has 1 heterocycles. The second-order valence-corrected chi connectivity index (χ2v) is 3.69. The fraction of sp³-hybridized carbons (Fsp3) is 0.231. The van der Waals surface area contributed by atoms with Crippen molar-refractivity contribution in [3.63, 3.8) is 0 Å². The highest BCUT2D eigenvalue weighted by molar-refractivity contribution is 5.77. The van der Waals surface area contributed by atoms with Gasteiger partial charge in [0.25, 0.3) is 0 Å². The van der Waals surface area contributed by atoms with Crippen molar-refractivity contribution in [1.82, 2.24) is 9.78 Å². The summed E-state index contributed by atoms with van der Waals surface area (Å²) in [4.78, 5) is 10.9. The fourth-order valence-electron chi connectivity index (χ4n) is 1.52. The third kappa shape index (κ3) is 2.72. The molecule has 0 saturated carbocycles. The zero-order valence-electron chi connectivity index (χ0n) is 9.67. The Morgan fingerprint density at radius 3 is 2.76 bits per heavy atom. The molecule has 0 saturated heterocycles. The monoisotopic (exact) mass is 230 g/mol. The number of rotatable bonds is 5. The number of ether oxygens (including phenoxy) is 1. The Hall–Kier alpha value is -2.10. The Labute approximate surface area is 99.8 Å². The molecule has 0 aliphatic carbocycles. The second-order valence-electron chi connectivity index (χ2n) is 3.69. The molecule has 0 aliphatic heterocycles. The molecule has 2 aromatic rings. The molecule has 0 N–H and O–H groups in total. The van der Waals surface area contributed by atoms with Crippen LogP contribution in [0.15, 0.2) is 36.5 Å². The molecule has 0 amide bonds. The molecule has 0 bridgehead atoms. The molecule has 4 nitrogen and oxygen atoms in total. The van der Waals surface area contributed by atoms with Gasteiger partial charge in [-0.3, -0.25) is 9.48 Å². The number of carbonyl (C=O) groups excluding carboxylic acids is 1. The maximum absolute atomic E-state index is 10.9. The third-order valence-electron chi connectivity index (χ3n) is 2.29. The van der Waals surface area contributed by atoms with Gasteiger partial charge in [0.05, 0.1) is 5.56 Å². The first kappa shape index (κ1) is 11.4. The first-order valence-corrected chi connectivity index (χ1v) is 5.59. The highest BCUT2D eigenvalue weighted by atomic mass is 16.5. The van der Waals surface area contributed by atoms with Gasteiger partial charge in [0.2, 0.25) is 5.88 Å². The summed E-state index contributed by atoms with van der Waals surface area (Å²) in [5, 5.41) is 4.23. The summed E-state index contributed by atoms with van der Waals surface area (Å²) in [6, 6.07) is 9.31. The van der Waals surface area contributed by atoms with Crippen molar-refractivity contribution in [2.24, 2.45) is 0 Å². The second kappa shape index (κ2) is 5.30. The minimum absolute atomic E-state index is 0.361. The number of aldehydes is 1. The van der Waals surface area contributed by atoms with E-state index in [0.717, 1.165) is 19.3 Å². The summed E-state index contributed by atoms with van der Waals surface area (Å²) in [7, 11) is 0. The van der Waals surface area contributed by atoms with Gasteiger partial charge in [0.15, 0.2) is 6.29 Å². The molecule has 0 fully saturated rings. The molecule has 2 rings (SSSR count). The van der Waals surface area contributed by atoms with Gasteiger partial charge in [-0.2, -0.15) is 0 Å². The van der Waals surface area contributed by atoms with Crippen molar-refractivity contribution >= 4 is 6.29 Å². The van der Waals surface area contributed by atoms with Gasteiger partial charge in [-0.25, -0.2) is 0 Å². The van der Waals surface area contributed by atoms with Crippen LogP contribution in [0.2, 0.25) is 0 Å². The van der Waals surface area contributed by atoms with E-state index in [2.05, 4.69) is 12.0 Å². The van der Waals surface area contributed by atoms with E-state index in [0.29, 0.717) is 17.2 Å². The summed E-state index contributed by atoms with van der Waals surface area (Å²) in [6.07, 6.45) is 3.43. The minimum atomic E-state index is 0.361. The largest absolute Gasteiger partial charge is 0.437 e. The highest BCUT2D eigenvalue weighted by Gasteiger charge is 2.09. The van der Waals surface area contributed by atoms with E-state index >= 15 is 0 Å². The number of hydrogen-bond acceptors (Lipinski definition) is 3. The molecule has 0 atom stereocenters. The summed E-state index contributed by atoms with van der Waals surface area (Å²) in [5.74, 6) is 1.04. The predicted octanol–water partition coefficient (Wildman–Crippen LogP) is 2.90. The number of aromatic nitrogens is 2. The Morgan fingerprint density at radius 2 is 2.12 bits per heavy atom. The van der Waals surface area contributed by atoms with Crippen LogP contribution < -0.4 is 4.74 Å². The van der Waals surface area contributed by atoms with E-state index in [-0.39, 0.29) is 0 Å². The summed E-state index contributed by atoms with van der Waals surface area (Å²) >= 11 is 0. The van der Waals surface area contributed by atoms with E-state index in [4.69, 9.17) is 4.74 Å². The van der Waals surface area contributed by atoms with Crippen molar-refractivity contribution < 1.29 is 9.53 Å². The first-order chi connectivity index (χ1) is 8.33. The lowest BCUT2D eigenvalue weighted by molar-refractivity contribution is 0.112. The zero-order chi connectivity index (χ0) is 12.1. The highest BCUT2D eigenvalue weighted by Crippen LogP contribution is 2.22. The molecule has 0 spiro atoms. The number of nitrogens with zero attached hydrogens (tertiary/aromatic N) is 2. The van der Waals surface area contributed by atoms with Crippen LogP contribution in [0.1, 0.15) is 23.7 Å². The summed E-state index contributed by atoms with van der Waals surface area (Å²) in [5.41, 5.74) is 0.474. The van der Waals surface area contributed by atoms with Gasteiger partial charge in [0.1, 0.15) is 5.75 Å². The molecular weight excluding hydrogens is 216 g/mol. The molecule has 17 heavy (non-hydrogen) atoms. The van der Waals surface area contributed by atoms with Crippen LogP contribution in [0.5, 0.6) is 11.6 Å². The smallest absolute Gasteiger partial charge is 0.248 e. The van der Waals surface area contributed by atoms with Crippen LogP contribution >= 0.6 is 0 Å². The van der Waals surface area contributed by atoms with Crippen LogP contribution in [0.3, 0.4) is 0 Å². The van der Waals surface area contributed by atoms with Gasteiger partial charge in [-0.15, -0.1) is 5.10 Å². The predicted molar refractivity (Wildman–Crippen MR) is 64.4 cm³/mol. The molecule has 0 unspecified atom stereocenters. The van der Waals surface area contributed by atoms with Crippen molar-refractivity contribution in [3.05, 3.63) is 42.1 Å². The number of benzene rings is 1. The van der Waals surface area contributed by atoms with Crippen LogP contribution in [-0.4, -0.2) is 16.1 Å². The van der Waals surface area contributed by atoms with Crippen molar-refractivity contribution in [1.29, 1.82) is 0 Å². The number of hydrogen-bond donors (Lipinski definition) is 0. The zero-order valence-corrected chi connectivity index (χ0v) is 9.67. The van der Waals surface area contributed by atoms with Gasteiger partial charge in [0, 0.05) is 12.7 Å².